The Labute approximate surface area is 102 Å². The number of carbonyl (C=O) groups excluding carboxylic acids is 1. The molecule has 0 saturated carbocycles. The van der Waals surface area contributed by atoms with E-state index in [0.29, 0.717) is 5.56 Å². The van der Waals surface area contributed by atoms with E-state index in [4.69, 9.17) is 9.52 Å². The highest BCUT2D eigenvalue weighted by Gasteiger charge is 2.13. The van der Waals surface area contributed by atoms with Crippen LogP contribution in [-0.2, 0) is 0 Å². The Morgan fingerprint density at radius 1 is 1.28 bits per heavy atom. The van der Waals surface area contributed by atoms with Crippen molar-refractivity contribution in [3.8, 4) is 0 Å². The normalized spacial score (nSPS) is 10.1. The van der Waals surface area contributed by atoms with Crippen molar-refractivity contribution in [2.45, 2.75) is 6.92 Å². The molecule has 2 aromatic rings. The second-order valence-corrected chi connectivity index (χ2v) is 3.66. The van der Waals surface area contributed by atoms with Crippen molar-refractivity contribution in [2.75, 3.05) is 5.32 Å². The average molecular weight is 246 g/mol. The molecular formula is C12H10N2O4. The van der Waals surface area contributed by atoms with Gasteiger partial charge in [-0.25, -0.2) is 4.79 Å². The number of aryl methyl sites for hydroxylation is 1. The molecule has 0 saturated heterocycles. The molecule has 1 heterocycles. The number of nitrogens with zero attached hydrogens (tertiary/aromatic N) is 1. The molecule has 1 amide bonds. The van der Waals surface area contributed by atoms with E-state index in [9.17, 15) is 9.59 Å². The third kappa shape index (κ3) is 2.54. The number of carbonyl (C=O) groups is 2. The number of nitrogens with one attached hydrogen (secondary N) is 1. The maximum absolute atomic E-state index is 11.7. The molecule has 18 heavy (non-hydrogen) atoms. The molecule has 0 fully saturated rings. The Morgan fingerprint density at radius 2 is 1.94 bits per heavy atom. The molecule has 0 bridgehead atoms. The fourth-order valence-electron chi connectivity index (χ4n) is 1.30. The van der Waals surface area contributed by atoms with Crippen molar-refractivity contribution in [1.29, 1.82) is 0 Å². The Bertz CT molecular complexity index is 586. The molecule has 0 atom stereocenters. The van der Waals surface area contributed by atoms with E-state index < -0.39 is 11.9 Å². The molecule has 6 nitrogen and oxygen atoms in total. The van der Waals surface area contributed by atoms with E-state index in [2.05, 4.69) is 10.3 Å². The number of rotatable bonds is 3. The highest BCUT2D eigenvalue weighted by atomic mass is 16.4. The molecule has 92 valence electrons. The SMILES string of the molecule is Cc1ccc(C(=O)Nc2nc(C(=O)O)co2)cc1. The summed E-state index contributed by atoms with van der Waals surface area (Å²) >= 11 is 0. The van der Waals surface area contributed by atoms with Crippen LogP contribution in [0.1, 0.15) is 26.4 Å². The highest BCUT2D eigenvalue weighted by Crippen LogP contribution is 2.10. The second kappa shape index (κ2) is 4.70. The van der Waals surface area contributed by atoms with Gasteiger partial charge in [0.1, 0.15) is 6.26 Å². The van der Waals surface area contributed by atoms with Gasteiger partial charge in [-0.05, 0) is 19.1 Å². The minimum atomic E-state index is -1.21. The molecule has 0 aliphatic rings. The van der Waals surface area contributed by atoms with E-state index in [-0.39, 0.29) is 11.7 Å². The van der Waals surface area contributed by atoms with Crippen LogP contribution in [0.4, 0.5) is 6.01 Å². The molecule has 1 aromatic heterocycles. The Morgan fingerprint density at radius 3 is 2.50 bits per heavy atom. The summed E-state index contributed by atoms with van der Waals surface area (Å²) in [6.07, 6.45) is 0.965. The summed E-state index contributed by atoms with van der Waals surface area (Å²) in [5.74, 6) is -1.62. The minimum absolute atomic E-state index is 0.141. The predicted octanol–water partition coefficient (Wildman–Crippen LogP) is 1.93. The lowest BCUT2D eigenvalue weighted by Gasteiger charge is -2.00. The van der Waals surface area contributed by atoms with Gasteiger partial charge in [0.2, 0.25) is 0 Å². The van der Waals surface area contributed by atoms with Crippen LogP contribution in [0.25, 0.3) is 0 Å². The monoisotopic (exact) mass is 246 g/mol. The molecule has 6 heteroatoms. The third-order valence-electron chi connectivity index (χ3n) is 2.26. The first-order chi connectivity index (χ1) is 8.56. The zero-order chi connectivity index (χ0) is 13.1. The van der Waals surface area contributed by atoms with Gasteiger partial charge in [-0.15, -0.1) is 0 Å². The Balaban J connectivity index is 2.11. The summed E-state index contributed by atoms with van der Waals surface area (Å²) in [4.78, 5) is 25.9. The molecule has 0 aliphatic heterocycles. The van der Waals surface area contributed by atoms with Crippen molar-refractivity contribution in [2.24, 2.45) is 0 Å². The lowest BCUT2D eigenvalue weighted by Crippen LogP contribution is -2.12. The van der Waals surface area contributed by atoms with Gasteiger partial charge in [0.05, 0.1) is 0 Å². The van der Waals surface area contributed by atoms with E-state index in [1.54, 1.807) is 24.3 Å². The first-order valence-corrected chi connectivity index (χ1v) is 5.13. The maximum atomic E-state index is 11.7. The van der Waals surface area contributed by atoms with Gasteiger partial charge in [-0.1, -0.05) is 17.7 Å². The van der Waals surface area contributed by atoms with Gasteiger partial charge in [0, 0.05) is 5.56 Å². The highest BCUT2D eigenvalue weighted by molar-refractivity contribution is 6.03. The number of carboxylic acids is 1. The van der Waals surface area contributed by atoms with Gasteiger partial charge >= 0.3 is 12.0 Å². The quantitative estimate of drug-likeness (QED) is 0.863. The molecule has 0 aliphatic carbocycles. The predicted molar refractivity (Wildman–Crippen MR) is 62.6 cm³/mol. The first-order valence-electron chi connectivity index (χ1n) is 5.13. The van der Waals surface area contributed by atoms with Gasteiger partial charge < -0.3 is 9.52 Å². The second-order valence-electron chi connectivity index (χ2n) is 3.66. The van der Waals surface area contributed by atoms with E-state index in [1.807, 2.05) is 6.92 Å². The van der Waals surface area contributed by atoms with E-state index in [0.717, 1.165) is 11.8 Å². The summed E-state index contributed by atoms with van der Waals surface area (Å²) in [5.41, 5.74) is 1.22. The lowest BCUT2D eigenvalue weighted by molar-refractivity contribution is 0.0690. The van der Waals surface area contributed by atoms with Gasteiger partial charge in [0.15, 0.2) is 5.69 Å². The third-order valence-corrected chi connectivity index (χ3v) is 2.26. The molecule has 2 rings (SSSR count). The smallest absolute Gasteiger partial charge is 0.357 e. The molecule has 2 N–H and O–H groups in total. The average Bonchev–Trinajstić information content (AvgIpc) is 2.78. The van der Waals surface area contributed by atoms with Crippen molar-refractivity contribution in [3.05, 3.63) is 47.3 Å². The van der Waals surface area contributed by atoms with Gasteiger partial charge in [-0.2, -0.15) is 4.98 Å². The van der Waals surface area contributed by atoms with E-state index >= 15 is 0 Å². The largest absolute Gasteiger partial charge is 0.476 e. The van der Waals surface area contributed by atoms with Gasteiger partial charge in [-0.3, -0.25) is 10.1 Å². The number of carboxylic acid groups (broad SMARTS) is 1. The Kier molecular flexibility index (Phi) is 3.09. The number of aromatic carboxylic acids is 1. The lowest BCUT2D eigenvalue weighted by atomic mass is 10.1. The van der Waals surface area contributed by atoms with Crippen LogP contribution in [0.15, 0.2) is 34.9 Å². The van der Waals surface area contributed by atoms with Crippen molar-refractivity contribution in [1.82, 2.24) is 4.98 Å². The van der Waals surface area contributed by atoms with E-state index in [1.165, 1.54) is 0 Å². The molecule has 1 aromatic carbocycles. The van der Waals surface area contributed by atoms with Crippen molar-refractivity contribution < 1.29 is 19.1 Å². The summed E-state index contributed by atoms with van der Waals surface area (Å²) in [6, 6.07) is 6.77. The van der Waals surface area contributed by atoms with Gasteiger partial charge in [0.25, 0.3) is 5.91 Å². The van der Waals surface area contributed by atoms with Crippen LogP contribution in [0.5, 0.6) is 0 Å². The van der Waals surface area contributed by atoms with Crippen LogP contribution in [0.2, 0.25) is 0 Å². The molecule has 0 unspecified atom stereocenters. The fourth-order valence-corrected chi connectivity index (χ4v) is 1.30. The molecule has 0 spiro atoms. The fraction of sp³-hybridized carbons (Fsp3) is 0.0833. The minimum Gasteiger partial charge on any atom is -0.476 e. The van der Waals surface area contributed by atoms with Crippen LogP contribution >= 0.6 is 0 Å². The standard InChI is InChI=1S/C12H10N2O4/c1-7-2-4-8(5-3-7)10(15)14-12-13-9(6-18-12)11(16)17/h2-6H,1H3,(H,16,17)(H,13,14,15). The van der Waals surface area contributed by atoms with Crippen LogP contribution < -0.4 is 5.32 Å². The first kappa shape index (κ1) is 11.8. The number of hydrogen-bond acceptors (Lipinski definition) is 4. The zero-order valence-electron chi connectivity index (χ0n) is 9.51. The van der Waals surface area contributed by atoms with Crippen LogP contribution in [0.3, 0.4) is 0 Å². The number of amides is 1. The van der Waals surface area contributed by atoms with Crippen LogP contribution in [0, 0.1) is 6.92 Å². The number of anilines is 1. The summed E-state index contributed by atoms with van der Waals surface area (Å²) in [5, 5.41) is 11.0. The summed E-state index contributed by atoms with van der Waals surface area (Å²) < 4.78 is 4.82. The zero-order valence-corrected chi connectivity index (χ0v) is 9.51. The number of oxazole rings is 1. The topological polar surface area (TPSA) is 92.4 Å². The Hall–Kier alpha value is -2.63. The van der Waals surface area contributed by atoms with Crippen molar-refractivity contribution in [3.63, 3.8) is 0 Å². The molecular weight excluding hydrogens is 236 g/mol. The number of benzene rings is 1. The summed E-state index contributed by atoms with van der Waals surface area (Å²) in [6.45, 7) is 1.91. The summed E-state index contributed by atoms with van der Waals surface area (Å²) in [7, 11) is 0. The maximum Gasteiger partial charge on any atom is 0.357 e. The van der Waals surface area contributed by atoms with Crippen LogP contribution in [-0.4, -0.2) is 22.0 Å². The van der Waals surface area contributed by atoms with Crippen molar-refractivity contribution >= 4 is 17.9 Å². The molecule has 0 radical (unpaired) electrons. The number of hydrogen-bond donors (Lipinski definition) is 2. The number of aromatic nitrogens is 1.